The maximum Gasteiger partial charge on any atom is 0.242 e. The minimum absolute atomic E-state index is 0.243. The van der Waals surface area contributed by atoms with Crippen LogP contribution in [0, 0.1) is 29.6 Å². The molecule has 1 aromatic carbocycles. The molecule has 6 N–H and O–H groups in total. The van der Waals surface area contributed by atoms with Crippen molar-refractivity contribution < 1.29 is 4.79 Å². The summed E-state index contributed by atoms with van der Waals surface area (Å²) in [6, 6.07) is 8.63. The normalized spacial score (nSPS) is 11.1. The largest absolute Gasteiger partial charge is 0.388 e. The van der Waals surface area contributed by atoms with Crippen molar-refractivity contribution in [1.82, 2.24) is 20.3 Å². The molecule has 0 fully saturated rings. The molecule has 0 radical (unpaired) electrons. The number of benzene rings is 1. The average Bonchev–Trinajstić information content (AvgIpc) is 2.90. The second kappa shape index (κ2) is 11.9. The predicted octanol–water partition coefficient (Wildman–Crippen LogP) is 3.26. The summed E-state index contributed by atoms with van der Waals surface area (Å²) in [6.07, 6.45) is 1.27. The van der Waals surface area contributed by atoms with Crippen molar-refractivity contribution >= 4 is 35.0 Å². The lowest BCUT2D eigenvalue weighted by Gasteiger charge is -2.15. The number of amides is 1. The zero-order valence-electron chi connectivity index (χ0n) is 21.8. The number of likely N-dealkylation sites (N-methyl/N-ethyl adjacent to an activating group) is 1. The Morgan fingerprint density at radius 1 is 1.05 bits per heavy atom. The number of pyridine rings is 1. The lowest BCUT2D eigenvalue weighted by atomic mass is 10.1. The molecule has 2 heterocycles. The minimum atomic E-state index is -0.424. The molecule has 0 saturated heterocycles. The molecule has 0 saturated carbocycles. The molecule has 3 rings (SSSR count). The van der Waals surface area contributed by atoms with E-state index in [0.29, 0.717) is 45.7 Å². The first-order valence-corrected chi connectivity index (χ1v) is 11.7. The van der Waals surface area contributed by atoms with Gasteiger partial charge < -0.3 is 32.1 Å². The van der Waals surface area contributed by atoms with E-state index < -0.39 is 6.04 Å². The van der Waals surface area contributed by atoms with E-state index in [0.717, 1.165) is 16.8 Å². The van der Waals surface area contributed by atoms with Gasteiger partial charge in [-0.1, -0.05) is 5.92 Å². The summed E-state index contributed by atoms with van der Waals surface area (Å²) >= 11 is 0. The van der Waals surface area contributed by atoms with Gasteiger partial charge in [-0.15, -0.1) is 0 Å². The first kappa shape index (κ1) is 27.0. The van der Waals surface area contributed by atoms with Crippen LogP contribution in [0.25, 0.3) is 11.3 Å². The van der Waals surface area contributed by atoms with E-state index in [1.807, 2.05) is 18.2 Å². The number of hydrogen-bond donors (Lipinski definition) is 6. The maximum absolute atomic E-state index is 12.6. The van der Waals surface area contributed by atoms with Crippen LogP contribution in [0.4, 0.5) is 17.2 Å². The number of hydrogen-bond acceptors (Lipinski definition) is 9. The molecule has 0 spiro atoms. The molecule has 0 bridgehead atoms. The van der Waals surface area contributed by atoms with E-state index in [9.17, 15) is 4.79 Å². The molecule has 1 unspecified atom stereocenters. The van der Waals surface area contributed by atoms with Crippen LogP contribution in [-0.2, 0) is 4.79 Å². The van der Waals surface area contributed by atoms with Crippen LogP contribution >= 0.6 is 0 Å². The highest BCUT2D eigenvalue weighted by atomic mass is 16.2. The van der Waals surface area contributed by atoms with E-state index in [4.69, 9.17) is 10.8 Å². The molecular formula is C27H31N9O. The Labute approximate surface area is 216 Å². The van der Waals surface area contributed by atoms with Crippen LogP contribution in [0.5, 0.6) is 0 Å². The number of aryl methyl sites for hydroxylation is 1. The zero-order chi connectivity index (χ0) is 27.1. The molecule has 1 amide bonds. The number of anilines is 3. The summed E-state index contributed by atoms with van der Waals surface area (Å²) in [5.74, 6) is 6.77. The molecule has 10 nitrogen and oxygen atoms in total. The van der Waals surface area contributed by atoms with E-state index in [2.05, 4.69) is 48.1 Å². The van der Waals surface area contributed by atoms with E-state index in [1.54, 1.807) is 54.0 Å². The van der Waals surface area contributed by atoms with E-state index in [1.165, 1.54) is 6.21 Å². The van der Waals surface area contributed by atoms with E-state index >= 15 is 0 Å². The van der Waals surface area contributed by atoms with Gasteiger partial charge in [0.1, 0.15) is 23.0 Å². The van der Waals surface area contributed by atoms with Gasteiger partial charge in [0.05, 0.1) is 23.1 Å². The molecular weight excluding hydrogens is 466 g/mol. The van der Waals surface area contributed by atoms with Crippen molar-refractivity contribution in [2.75, 3.05) is 37.1 Å². The molecule has 3 aromatic rings. The van der Waals surface area contributed by atoms with Crippen LogP contribution in [0.2, 0.25) is 0 Å². The van der Waals surface area contributed by atoms with Crippen LogP contribution in [0.15, 0.2) is 30.3 Å². The van der Waals surface area contributed by atoms with Gasteiger partial charge in [-0.2, -0.15) is 0 Å². The highest BCUT2D eigenvalue weighted by molar-refractivity contribution is 6.02. The van der Waals surface area contributed by atoms with Crippen molar-refractivity contribution in [3.05, 3.63) is 58.7 Å². The van der Waals surface area contributed by atoms with E-state index in [-0.39, 0.29) is 5.91 Å². The Balaban J connectivity index is 2.18. The van der Waals surface area contributed by atoms with Crippen molar-refractivity contribution in [3.8, 4) is 23.1 Å². The van der Waals surface area contributed by atoms with Gasteiger partial charge in [0, 0.05) is 42.7 Å². The van der Waals surface area contributed by atoms with Gasteiger partial charge in [0.15, 0.2) is 0 Å². The molecule has 10 heteroatoms. The smallest absolute Gasteiger partial charge is 0.242 e. The van der Waals surface area contributed by atoms with Crippen molar-refractivity contribution in [2.24, 2.45) is 0 Å². The third-order valence-electron chi connectivity index (χ3n) is 5.61. The molecule has 0 aliphatic heterocycles. The Morgan fingerprint density at radius 3 is 2.43 bits per heavy atom. The fraction of sp³-hybridized carbons (Fsp3) is 0.259. The first-order valence-electron chi connectivity index (χ1n) is 11.7. The third kappa shape index (κ3) is 6.34. The lowest BCUT2D eigenvalue weighted by Crippen LogP contribution is -2.35. The zero-order valence-corrected chi connectivity index (χ0v) is 21.8. The van der Waals surface area contributed by atoms with Crippen LogP contribution in [0.3, 0.4) is 0 Å². The summed E-state index contributed by atoms with van der Waals surface area (Å²) < 4.78 is 0. The first-order chi connectivity index (χ1) is 17.7. The van der Waals surface area contributed by atoms with Crippen molar-refractivity contribution in [3.63, 3.8) is 0 Å². The lowest BCUT2D eigenvalue weighted by molar-refractivity contribution is -0.117. The van der Waals surface area contributed by atoms with Gasteiger partial charge >= 0.3 is 0 Å². The number of nitrogens with zero attached hydrogens (tertiary/aromatic N) is 3. The summed E-state index contributed by atoms with van der Waals surface area (Å²) in [7, 11) is 5.25. The topological polar surface area (TPSA) is 152 Å². The fourth-order valence-corrected chi connectivity index (χ4v) is 3.57. The number of aromatic nitrogens is 3. The van der Waals surface area contributed by atoms with Gasteiger partial charge in [-0.05, 0) is 64.1 Å². The van der Waals surface area contributed by atoms with Crippen LogP contribution in [-0.4, -0.2) is 60.0 Å². The Morgan fingerprint density at radius 2 is 1.81 bits per heavy atom. The molecule has 1 atom stereocenters. The number of rotatable bonds is 8. The van der Waals surface area contributed by atoms with Crippen molar-refractivity contribution in [1.29, 1.82) is 10.8 Å². The van der Waals surface area contributed by atoms with Gasteiger partial charge in [0.2, 0.25) is 5.91 Å². The monoisotopic (exact) mass is 497 g/mol. The van der Waals surface area contributed by atoms with Crippen molar-refractivity contribution in [2.45, 2.75) is 26.8 Å². The fourth-order valence-electron chi connectivity index (χ4n) is 3.57. The van der Waals surface area contributed by atoms with Gasteiger partial charge in [-0.25, -0.2) is 15.0 Å². The average molecular weight is 498 g/mol. The minimum Gasteiger partial charge on any atom is -0.388 e. The second-order valence-corrected chi connectivity index (χ2v) is 8.29. The van der Waals surface area contributed by atoms with Crippen LogP contribution in [0.1, 0.15) is 42.2 Å². The molecule has 0 aliphatic carbocycles. The SMILES string of the molecule is CNc1ccc(C#Cc2cc(-c3nc(C)nc(C(C)=N)c3NC)cc(NC(=O)C(C)NC)n2)cc1C=N. The Hall–Kier alpha value is -4.62. The highest BCUT2D eigenvalue weighted by Crippen LogP contribution is 2.30. The molecule has 190 valence electrons. The summed E-state index contributed by atoms with van der Waals surface area (Å²) in [6.45, 7) is 5.19. The quantitative estimate of drug-likeness (QED) is 0.206. The number of carbonyl (C=O) groups excluding carboxylic acids is 1. The molecule has 37 heavy (non-hydrogen) atoms. The highest BCUT2D eigenvalue weighted by Gasteiger charge is 2.18. The summed E-state index contributed by atoms with van der Waals surface area (Å²) in [4.78, 5) is 26.2. The molecule has 0 aliphatic rings. The van der Waals surface area contributed by atoms with Gasteiger partial charge in [0.25, 0.3) is 0 Å². The standard InChI is InChI=1S/C27H31N9O/c1-15(29)24-26(32-6)25(34-17(3)33-24)19-12-21(35-23(13-19)36-27(37)16(2)30-4)9-7-18-8-10-22(31-5)20(11-18)14-28/h8,10-14,16,28-32H,1-6H3,(H,35,36,37). The predicted molar refractivity (Wildman–Crippen MR) is 149 cm³/mol. The Kier molecular flexibility index (Phi) is 8.66. The second-order valence-electron chi connectivity index (χ2n) is 8.29. The maximum atomic E-state index is 12.6. The summed E-state index contributed by atoms with van der Waals surface area (Å²) in [5.41, 5.74) is 5.32. The third-order valence-corrected chi connectivity index (χ3v) is 5.61. The van der Waals surface area contributed by atoms with Gasteiger partial charge in [-0.3, -0.25) is 4.79 Å². The van der Waals surface area contributed by atoms with Crippen LogP contribution < -0.4 is 21.3 Å². The number of nitrogens with one attached hydrogen (secondary N) is 6. The molecule has 2 aromatic heterocycles. The summed E-state index contributed by atoms with van der Waals surface area (Å²) in [5, 5.41) is 27.7. The number of carbonyl (C=O) groups is 1. The Bertz CT molecular complexity index is 1420.